The molecule has 3 N–H and O–H groups in total. The van der Waals surface area contributed by atoms with E-state index in [0.29, 0.717) is 12.6 Å². The van der Waals surface area contributed by atoms with Crippen LogP contribution in [0.1, 0.15) is 0 Å². The third-order valence-electron chi connectivity index (χ3n) is 1.27. The molecule has 0 heterocycles. The highest BCUT2D eigenvalue weighted by Crippen LogP contribution is 1.97. The number of nitrogens with one attached hydrogen (secondary N) is 1. The molecule has 0 fully saturated rings. The van der Waals surface area contributed by atoms with Crippen molar-refractivity contribution < 1.29 is 0 Å². The van der Waals surface area contributed by atoms with Crippen LogP contribution in [0.4, 0.5) is 0 Å². The van der Waals surface area contributed by atoms with E-state index in [-0.39, 0.29) is 0 Å². The summed E-state index contributed by atoms with van der Waals surface area (Å²) >= 11 is 0. The molecule has 2 nitrogen and oxygen atoms in total. The Morgan fingerprint density at radius 1 is 1.33 bits per heavy atom. The predicted octanol–water partition coefficient (Wildman–Crippen LogP) is 0.0293. The van der Waals surface area contributed by atoms with E-state index in [1.165, 1.54) is 0 Å². The van der Waals surface area contributed by atoms with Crippen LogP contribution in [0.25, 0.3) is 0 Å². The summed E-state index contributed by atoms with van der Waals surface area (Å²) in [5.41, 5.74) is 5.30. The molecule has 0 aromatic carbocycles. The number of rotatable bonds is 3. The van der Waals surface area contributed by atoms with Crippen LogP contribution >= 0.6 is 0 Å². The lowest BCUT2D eigenvalue weighted by Crippen LogP contribution is -2.29. The molecular formula is C7H12N2. The van der Waals surface area contributed by atoms with Crippen LogP contribution in [-0.4, -0.2) is 19.1 Å². The average Bonchev–Trinajstić information content (AvgIpc) is 2.34. The minimum Gasteiger partial charge on any atom is -0.329 e. The Morgan fingerprint density at radius 2 is 2.00 bits per heavy atom. The molecular weight excluding hydrogens is 112 g/mol. The van der Waals surface area contributed by atoms with Crippen LogP contribution in [-0.2, 0) is 0 Å². The molecule has 0 saturated heterocycles. The lowest BCUT2D eigenvalue weighted by Gasteiger charge is -2.05. The highest BCUT2D eigenvalue weighted by atomic mass is 14.9. The Bertz CT molecular complexity index is 115. The molecule has 0 saturated carbocycles. The second kappa shape index (κ2) is 3.43. The second-order valence-electron chi connectivity index (χ2n) is 2.04. The first kappa shape index (κ1) is 6.52. The fourth-order valence-electron chi connectivity index (χ4n) is 0.818. The van der Waals surface area contributed by atoms with E-state index in [9.17, 15) is 0 Å². The summed E-state index contributed by atoms with van der Waals surface area (Å²) in [6.45, 7) is 1.59. The third kappa shape index (κ3) is 2.00. The van der Waals surface area contributed by atoms with Crippen molar-refractivity contribution in [2.24, 2.45) is 5.73 Å². The monoisotopic (exact) mass is 124 g/mol. The zero-order chi connectivity index (χ0) is 6.53. The summed E-state index contributed by atoms with van der Waals surface area (Å²) in [6, 6.07) is 0.425. The number of hydrogen-bond acceptors (Lipinski definition) is 2. The Morgan fingerprint density at radius 3 is 2.56 bits per heavy atom. The van der Waals surface area contributed by atoms with Crippen molar-refractivity contribution >= 4 is 0 Å². The quantitative estimate of drug-likeness (QED) is 0.557. The zero-order valence-corrected chi connectivity index (χ0v) is 5.38. The lowest BCUT2D eigenvalue weighted by molar-refractivity contribution is 0.683. The van der Waals surface area contributed by atoms with E-state index in [2.05, 4.69) is 17.5 Å². The molecule has 0 atom stereocenters. The van der Waals surface area contributed by atoms with Crippen LogP contribution in [0, 0.1) is 0 Å². The van der Waals surface area contributed by atoms with E-state index >= 15 is 0 Å². The molecule has 1 rings (SSSR count). The van der Waals surface area contributed by atoms with E-state index in [4.69, 9.17) is 5.73 Å². The van der Waals surface area contributed by atoms with Crippen LogP contribution in [0.2, 0.25) is 0 Å². The number of nitrogens with two attached hydrogens (primary N) is 1. The Hall–Kier alpha value is -0.600. The zero-order valence-electron chi connectivity index (χ0n) is 5.38. The van der Waals surface area contributed by atoms with Crippen molar-refractivity contribution in [1.82, 2.24) is 5.32 Å². The molecule has 0 aromatic rings. The smallest absolute Gasteiger partial charge is 0.0442 e. The molecule has 0 unspecified atom stereocenters. The maximum Gasteiger partial charge on any atom is 0.0442 e. The molecule has 0 amide bonds. The largest absolute Gasteiger partial charge is 0.329 e. The van der Waals surface area contributed by atoms with Gasteiger partial charge < -0.3 is 11.1 Å². The van der Waals surface area contributed by atoms with Gasteiger partial charge in [-0.25, -0.2) is 0 Å². The molecule has 0 bridgehead atoms. The van der Waals surface area contributed by atoms with Gasteiger partial charge in [0.2, 0.25) is 0 Å². The SMILES string of the molecule is NCCNC1C=CC=C1. The number of allylic oxidation sites excluding steroid dienone is 2. The topological polar surface area (TPSA) is 38.0 Å². The second-order valence-corrected chi connectivity index (χ2v) is 2.04. The molecule has 2 heteroatoms. The molecule has 0 spiro atoms. The Balaban J connectivity index is 2.13. The predicted molar refractivity (Wildman–Crippen MR) is 39.1 cm³/mol. The fraction of sp³-hybridized carbons (Fsp3) is 0.429. The fourth-order valence-corrected chi connectivity index (χ4v) is 0.818. The van der Waals surface area contributed by atoms with Crippen LogP contribution in [0.3, 0.4) is 0 Å². The minimum absolute atomic E-state index is 0.425. The number of hydrogen-bond donors (Lipinski definition) is 2. The van der Waals surface area contributed by atoms with Gasteiger partial charge in [-0.05, 0) is 0 Å². The van der Waals surface area contributed by atoms with E-state index in [1.54, 1.807) is 0 Å². The summed E-state index contributed by atoms with van der Waals surface area (Å²) in [5, 5.41) is 3.23. The van der Waals surface area contributed by atoms with E-state index in [0.717, 1.165) is 6.54 Å². The lowest BCUT2D eigenvalue weighted by atomic mass is 10.3. The Kier molecular flexibility index (Phi) is 2.48. The summed E-state index contributed by atoms with van der Waals surface area (Å²) in [4.78, 5) is 0. The van der Waals surface area contributed by atoms with Gasteiger partial charge in [-0.2, -0.15) is 0 Å². The summed E-state index contributed by atoms with van der Waals surface area (Å²) in [6.07, 6.45) is 8.29. The van der Waals surface area contributed by atoms with Gasteiger partial charge in [0.05, 0.1) is 0 Å². The van der Waals surface area contributed by atoms with E-state index in [1.807, 2.05) is 12.2 Å². The van der Waals surface area contributed by atoms with Gasteiger partial charge in [0, 0.05) is 19.1 Å². The average molecular weight is 124 g/mol. The van der Waals surface area contributed by atoms with Crippen molar-refractivity contribution in [3.8, 4) is 0 Å². The van der Waals surface area contributed by atoms with Crippen molar-refractivity contribution in [2.75, 3.05) is 13.1 Å². The molecule has 50 valence electrons. The molecule has 0 aromatic heterocycles. The van der Waals surface area contributed by atoms with Gasteiger partial charge >= 0.3 is 0 Å². The first-order chi connectivity index (χ1) is 4.43. The van der Waals surface area contributed by atoms with Crippen molar-refractivity contribution in [2.45, 2.75) is 6.04 Å². The van der Waals surface area contributed by atoms with Crippen molar-refractivity contribution in [3.05, 3.63) is 24.3 Å². The molecule has 0 radical (unpaired) electrons. The van der Waals surface area contributed by atoms with Crippen molar-refractivity contribution in [1.29, 1.82) is 0 Å². The molecule has 0 aliphatic heterocycles. The van der Waals surface area contributed by atoms with Gasteiger partial charge in [-0.3, -0.25) is 0 Å². The Labute approximate surface area is 55.4 Å². The van der Waals surface area contributed by atoms with Gasteiger partial charge in [0.15, 0.2) is 0 Å². The van der Waals surface area contributed by atoms with Gasteiger partial charge in [0.25, 0.3) is 0 Å². The first-order valence-electron chi connectivity index (χ1n) is 3.22. The van der Waals surface area contributed by atoms with Gasteiger partial charge in [-0.1, -0.05) is 24.3 Å². The van der Waals surface area contributed by atoms with Gasteiger partial charge in [0.1, 0.15) is 0 Å². The van der Waals surface area contributed by atoms with Crippen LogP contribution in [0.15, 0.2) is 24.3 Å². The maximum atomic E-state index is 5.30. The standard InChI is InChI=1S/C7H12N2/c8-5-6-9-7-3-1-2-4-7/h1-4,7,9H,5-6,8H2. The molecule has 1 aliphatic rings. The van der Waals surface area contributed by atoms with E-state index < -0.39 is 0 Å². The minimum atomic E-state index is 0.425. The maximum absolute atomic E-state index is 5.30. The third-order valence-corrected chi connectivity index (χ3v) is 1.27. The molecule has 9 heavy (non-hydrogen) atoms. The first-order valence-corrected chi connectivity index (χ1v) is 3.22. The van der Waals surface area contributed by atoms with Crippen LogP contribution < -0.4 is 11.1 Å². The van der Waals surface area contributed by atoms with Crippen molar-refractivity contribution in [3.63, 3.8) is 0 Å². The van der Waals surface area contributed by atoms with Gasteiger partial charge in [-0.15, -0.1) is 0 Å². The summed E-state index contributed by atoms with van der Waals surface area (Å²) in [5.74, 6) is 0. The normalized spacial score (nSPS) is 17.4. The summed E-state index contributed by atoms with van der Waals surface area (Å²) in [7, 11) is 0. The van der Waals surface area contributed by atoms with Crippen LogP contribution in [0.5, 0.6) is 0 Å². The highest BCUT2D eigenvalue weighted by Gasteiger charge is 1.98. The summed E-state index contributed by atoms with van der Waals surface area (Å²) < 4.78 is 0. The molecule has 1 aliphatic carbocycles. The highest BCUT2D eigenvalue weighted by molar-refractivity contribution is 5.21.